The molecule has 0 aliphatic carbocycles. The van der Waals surface area contributed by atoms with Crippen LogP contribution in [0.1, 0.15) is 19.4 Å². The molecule has 1 aliphatic rings. The van der Waals surface area contributed by atoms with E-state index in [1.807, 2.05) is 38.1 Å². The number of nitrogens with one attached hydrogen (secondary N) is 1. The van der Waals surface area contributed by atoms with Crippen LogP contribution in [0, 0.1) is 18.8 Å². The van der Waals surface area contributed by atoms with Crippen molar-refractivity contribution in [1.82, 2.24) is 10.2 Å². The van der Waals surface area contributed by atoms with E-state index in [9.17, 15) is 4.79 Å². The molecule has 0 saturated carbocycles. The number of esters is 1. The van der Waals surface area contributed by atoms with Gasteiger partial charge < -0.3 is 19.7 Å². The van der Waals surface area contributed by atoms with Crippen LogP contribution in [0.25, 0.3) is 0 Å². The highest BCUT2D eigenvalue weighted by molar-refractivity contribution is 5.82. The molecule has 1 aliphatic heterocycles. The summed E-state index contributed by atoms with van der Waals surface area (Å²) in [5, 5.41) is 3.30. The van der Waals surface area contributed by atoms with E-state index in [1.54, 1.807) is 0 Å². The first-order valence-corrected chi connectivity index (χ1v) is 8.85. The number of nitrogens with zero attached hydrogens (tertiary/aromatic N) is 2. The molecule has 0 bridgehead atoms. The van der Waals surface area contributed by atoms with Crippen molar-refractivity contribution < 1.29 is 14.3 Å². The molecule has 1 aromatic rings. The van der Waals surface area contributed by atoms with Crippen molar-refractivity contribution >= 4 is 11.9 Å². The van der Waals surface area contributed by atoms with Gasteiger partial charge in [0.25, 0.3) is 0 Å². The molecule has 6 heteroatoms. The van der Waals surface area contributed by atoms with E-state index in [2.05, 4.69) is 22.1 Å². The van der Waals surface area contributed by atoms with Gasteiger partial charge in [-0.1, -0.05) is 19.1 Å². The number of aryl methyl sites for hydroxylation is 1. The normalized spacial score (nSPS) is 20.5. The lowest BCUT2D eigenvalue weighted by atomic mass is 9.99. The van der Waals surface area contributed by atoms with Gasteiger partial charge in [-0.25, -0.2) is 4.99 Å². The van der Waals surface area contributed by atoms with E-state index in [0.29, 0.717) is 19.7 Å². The average Bonchev–Trinajstić information content (AvgIpc) is 2.98. The summed E-state index contributed by atoms with van der Waals surface area (Å²) < 4.78 is 10.7. The van der Waals surface area contributed by atoms with Gasteiger partial charge in [-0.3, -0.25) is 4.79 Å². The van der Waals surface area contributed by atoms with Crippen LogP contribution in [-0.2, 0) is 9.53 Å². The number of rotatable bonds is 6. The number of aliphatic imine (C=N–C) groups is 1. The number of benzene rings is 1. The van der Waals surface area contributed by atoms with Gasteiger partial charge in [0.15, 0.2) is 5.96 Å². The van der Waals surface area contributed by atoms with E-state index >= 15 is 0 Å². The smallest absolute Gasteiger partial charge is 0.310 e. The van der Waals surface area contributed by atoms with Crippen LogP contribution in [0.5, 0.6) is 5.75 Å². The van der Waals surface area contributed by atoms with Gasteiger partial charge in [0.05, 0.1) is 19.6 Å². The number of ether oxygens (including phenoxy) is 2. The lowest BCUT2D eigenvalue weighted by Crippen LogP contribution is -2.41. The fourth-order valence-corrected chi connectivity index (χ4v) is 3.04. The SMILES string of the molecule is CCNC(=NCCOc1cccc(C)c1)N1CC(C)C(C(=O)OC)C1. The van der Waals surface area contributed by atoms with Crippen molar-refractivity contribution in [3.8, 4) is 5.75 Å². The summed E-state index contributed by atoms with van der Waals surface area (Å²) in [6.07, 6.45) is 0. The largest absolute Gasteiger partial charge is 0.492 e. The van der Waals surface area contributed by atoms with Crippen LogP contribution in [0.15, 0.2) is 29.3 Å². The lowest BCUT2D eigenvalue weighted by molar-refractivity contribution is -0.145. The van der Waals surface area contributed by atoms with E-state index in [-0.39, 0.29) is 17.8 Å². The minimum atomic E-state index is -0.145. The molecule has 0 amide bonds. The first-order chi connectivity index (χ1) is 12.0. The zero-order valence-electron chi connectivity index (χ0n) is 15.6. The molecule has 25 heavy (non-hydrogen) atoms. The van der Waals surface area contributed by atoms with Crippen molar-refractivity contribution in [2.24, 2.45) is 16.8 Å². The number of carbonyl (C=O) groups excluding carboxylic acids is 1. The van der Waals surface area contributed by atoms with Crippen LogP contribution in [0.2, 0.25) is 0 Å². The number of guanidine groups is 1. The third kappa shape index (κ3) is 5.37. The van der Waals surface area contributed by atoms with E-state index in [0.717, 1.165) is 24.8 Å². The molecule has 1 heterocycles. The van der Waals surface area contributed by atoms with Crippen LogP contribution < -0.4 is 10.1 Å². The molecule has 1 fully saturated rings. The second-order valence-electron chi connectivity index (χ2n) is 6.41. The molecule has 1 aromatic carbocycles. The Balaban J connectivity index is 1.91. The second kappa shape index (κ2) is 9.30. The summed E-state index contributed by atoms with van der Waals surface area (Å²) in [6, 6.07) is 7.99. The van der Waals surface area contributed by atoms with E-state index in [1.165, 1.54) is 12.7 Å². The van der Waals surface area contributed by atoms with Crippen molar-refractivity contribution in [3.05, 3.63) is 29.8 Å². The molecule has 2 unspecified atom stereocenters. The predicted octanol–water partition coefficient (Wildman–Crippen LogP) is 2.08. The summed E-state index contributed by atoms with van der Waals surface area (Å²) in [4.78, 5) is 18.6. The third-order valence-corrected chi connectivity index (χ3v) is 4.36. The van der Waals surface area contributed by atoms with Crippen molar-refractivity contribution in [2.75, 3.05) is 39.9 Å². The standard InChI is InChI=1S/C19H29N3O3/c1-5-20-19(22-12-15(3)17(13-22)18(23)24-4)21-9-10-25-16-8-6-7-14(2)11-16/h6-8,11,15,17H,5,9-10,12-13H2,1-4H3,(H,20,21). The van der Waals surface area contributed by atoms with Crippen LogP contribution in [0.4, 0.5) is 0 Å². The fourth-order valence-electron chi connectivity index (χ4n) is 3.04. The van der Waals surface area contributed by atoms with Crippen LogP contribution in [-0.4, -0.2) is 56.7 Å². The Morgan fingerprint density at radius 1 is 1.40 bits per heavy atom. The maximum atomic E-state index is 11.9. The zero-order chi connectivity index (χ0) is 18.2. The van der Waals surface area contributed by atoms with Gasteiger partial charge >= 0.3 is 5.97 Å². The number of hydrogen-bond acceptors (Lipinski definition) is 4. The second-order valence-corrected chi connectivity index (χ2v) is 6.41. The minimum absolute atomic E-state index is 0.0996. The molecule has 6 nitrogen and oxygen atoms in total. The molecule has 2 rings (SSSR count). The number of likely N-dealkylation sites (tertiary alicyclic amines) is 1. The van der Waals surface area contributed by atoms with Gasteiger partial charge in [0.1, 0.15) is 12.4 Å². The molecule has 2 atom stereocenters. The number of carbonyl (C=O) groups is 1. The Morgan fingerprint density at radius 3 is 2.88 bits per heavy atom. The summed E-state index contributed by atoms with van der Waals surface area (Å²) in [6.45, 7) is 9.45. The molecular weight excluding hydrogens is 318 g/mol. The summed E-state index contributed by atoms with van der Waals surface area (Å²) in [5.74, 6) is 1.69. The zero-order valence-corrected chi connectivity index (χ0v) is 15.6. The van der Waals surface area contributed by atoms with Gasteiger partial charge in [0.2, 0.25) is 0 Å². The van der Waals surface area contributed by atoms with Crippen molar-refractivity contribution in [3.63, 3.8) is 0 Å². The van der Waals surface area contributed by atoms with Crippen LogP contribution in [0.3, 0.4) is 0 Å². The molecule has 1 saturated heterocycles. The Morgan fingerprint density at radius 2 is 2.20 bits per heavy atom. The molecular formula is C19H29N3O3. The Kier molecular flexibility index (Phi) is 7.10. The molecule has 138 valence electrons. The molecule has 0 aromatic heterocycles. The maximum Gasteiger partial charge on any atom is 0.310 e. The van der Waals surface area contributed by atoms with Gasteiger partial charge in [0, 0.05) is 19.6 Å². The monoisotopic (exact) mass is 347 g/mol. The Hall–Kier alpha value is -2.24. The molecule has 0 spiro atoms. The summed E-state index contributed by atoms with van der Waals surface area (Å²) >= 11 is 0. The first kappa shape index (κ1) is 19.1. The predicted molar refractivity (Wildman–Crippen MR) is 98.9 cm³/mol. The lowest BCUT2D eigenvalue weighted by Gasteiger charge is -2.21. The first-order valence-electron chi connectivity index (χ1n) is 8.85. The Labute approximate surface area is 150 Å². The topological polar surface area (TPSA) is 63.2 Å². The maximum absolute atomic E-state index is 11.9. The third-order valence-electron chi connectivity index (χ3n) is 4.36. The summed E-state index contributed by atoms with van der Waals surface area (Å²) in [7, 11) is 1.44. The van der Waals surface area contributed by atoms with Gasteiger partial charge in [-0.2, -0.15) is 0 Å². The highest BCUT2D eigenvalue weighted by Gasteiger charge is 2.36. The van der Waals surface area contributed by atoms with Gasteiger partial charge in [-0.05, 0) is 37.5 Å². The Bertz CT molecular complexity index is 603. The minimum Gasteiger partial charge on any atom is -0.492 e. The highest BCUT2D eigenvalue weighted by atomic mass is 16.5. The molecule has 1 N–H and O–H groups in total. The number of methoxy groups -OCH3 is 1. The number of hydrogen-bond donors (Lipinski definition) is 1. The van der Waals surface area contributed by atoms with Gasteiger partial charge in [-0.15, -0.1) is 0 Å². The van der Waals surface area contributed by atoms with E-state index in [4.69, 9.17) is 9.47 Å². The van der Waals surface area contributed by atoms with Crippen LogP contribution >= 0.6 is 0 Å². The van der Waals surface area contributed by atoms with Crippen molar-refractivity contribution in [1.29, 1.82) is 0 Å². The fraction of sp³-hybridized carbons (Fsp3) is 0.579. The van der Waals surface area contributed by atoms with Crippen molar-refractivity contribution in [2.45, 2.75) is 20.8 Å². The highest BCUT2D eigenvalue weighted by Crippen LogP contribution is 2.24. The average molecular weight is 347 g/mol. The van der Waals surface area contributed by atoms with E-state index < -0.39 is 0 Å². The summed E-state index contributed by atoms with van der Waals surface area (Å²) in [5.41, 5.74) is 1.18. The quantitative estimate of drug-likeness (QED) is 0.369. The molecule has 0 radical (unpaired) electrons.